The molecule has 0 aliphatic heterocycles. The Morgan fingerprint density at radius 1 is 1.52 bits per heavy atom. The first-order chi connectivity index (χ1) is 10.0. The number of nitrogens with one attached hydrogen (secondary N) is 1. The zero-order valence-electron chi connectivity index (χ0n) is 12.0. The molecular formula is C15H17N3O2S. The summed E-state index contributed by atoms with van der Waals surface area (Å²) < 4.78 is 1.86. The van der Waals surface area contributed by atoms with E-state index in [1.165, 1.54) is 22.2 Å². The van der Waals surface area contributed by atoms with E-state index in [2.05, 4.69) is 16.2 Å². The van der Waals surface area contributed by atoms with Crippen LogP contribution in [0.15, 0.2) is 22.6 Å². The van der Waals surface area contributed by atoms with E-state index in [-0.39, 0.29) is 18.0 Å². The van der Waals surface area contributed by atoms with Crippen LogP contribution >= 0.6 is 11.3 Å². The molecule has 110 valence electrons. The first-order valence-corrected chi connectivity index (χ1v) is 7.64. The van der Waals surface area contributed by atoms with Gasteiger partial charge >= 0.3 is 0 Å². The molecule has 2 heterocycles. The summed E-state index contributed by atoms with van der Waals surface area (Å²) in [5.41, 5.74) is -0.201. The van der Waals surface area contributed by atoms with Gasteiger partial charge in [-0.15, -0.1) is 17.8 Å². The van der Waals surface area contributed by atoms with E-state index in [4.69, 9.17) is 6.42 Å². The minimum absolute atomic E-state index is 0.0803. The van der Waals surface area contributed by atoms with E-state index in [0.717, 1.165) is 0 Å². The maximum Gasteiger partial charge on any atom is 0.271 e. The van der Waals surface area contributed by atoms with E-state index in [9.17, 15) is 9.59 Å². The van der Waals surface area contributed by atoms with Gasteiger partial charge in [-0.05, 0) is 24.3 Å². The van der Waals surface area contributed by atoms with Crippen molar-refractivity contribution in [1.29, 1.82) is 0 Å². The van der Waals surface area contributed by atoms with Gasteiger partial charge in [0.2, 0.25) is 5.91 Å². The van der Waals surface area contributed by atoms with Gasteiger partial charge in [0, 0.05) is 0 Å². The summed E-state index contributed by atoms with van der Waals surface area (Å²) in [6.45, 7) is 3.77. The molecule has 0 radical (unpaired) electrons. The zero-order valence-corrected chi connectivity index (χ0v) is 12.9. The Bertz CT molecular complexity index is 750. The molecule has 0 spiro atoms. The van der Waals surface area contributed by atoms with Crippen LogP contribution in [0.2, 0.25) is 0 Å². The molecule has 0 unspecified atom stereocenters. The molecule has 6 heteroatoms. The third-order valence-electron chi connectivity index (χ3n) is 3.61. The van der Waals surface area contributed by atoms with Crippen LogP contribution in [0, 0.1) is 12.3 Å². The van der Waals surface area contributed by atoms with Gasteiger partial charge in [0.15, 0.2) is 0 Å². The molecular weight excluding hydrogens is 286 g/mol. The van der Waals surface area contributed by atoms with Crippen LogP contribution in [0.1, 0.15) is 26.7 Å². The second kappa shape index (κ2) is 6.10. The topological polar surface area (TPSA) is 64.0 Å². The number of rotatable bonds is 5. The fourth-order valence-electron chi connectivity index (χ4n) is 2.12. The summed E-state index contributed by atoms with van der Waals surface area (Å²) in [5, 5.41) is 4.64. The van der Waals surface area contributed by atoms with Crippen molar-refractivity contribution in [3.8, 4) is 12.3 Å². The molecule has 0 aromatic carbocycles. The number of thiophene rings is 1. The predicted octanol–water partition coefficient (Wildman–Crippen LogP) is 1.77. The quantitative estimate of drug-likeness (QED) is 0.856. The number of aromatic nitrogens is 2. The summed E-state index contributed by atoms with van der Waals surface area (Å²) >= 11 is 1.32. The third-order valence-corrected chi connectivity index (χ3v) is 4.50. The van der Waals surface area contributed by atoms with Crippen molar-refractivity contribution in [1.82, 2.24) is 14.9 Å². The maximum atomic E-state index is 12.2. The second-order valence-corrected chi connectivity index (χ2v) is 5.71. The Morgan fingerprint density at radius 3 is 2.86 bits per heavy atom. The lowest BCUT2D eigenvalue weighted by atomic mass is 9.94. The Balaban J connectivity index is 2.20. The van der Waals surface area contributed by atoms with Crippen molar-refractivity contribution in [2.75, 3.05) is 0 Å². The molecule has 0 aliphatic rings. The van der Waals surface area contributed by atoms with Crippen LogP contribution in [-0.2, 0) is 11.3 Å². The van der Waals surface area contributed by atoms with Gasteiger partial charge in [-0.25, -0.2) is 4.98 Å². The van der Waals surface area contributed by atoms with E-state index >= 15 is 0 Å². The van der Waals surface area contributed by atoms with E-state index in [0.29, 0.717) is 23.1 Å². The number of hydrogen-bond donors (Lipinski definition) is 1. The molecule has 5 nitrogen and oxygen atoms in total. The van der Waals surface area contributed by atoms with Crippen molar-refractivity contribution in [3.05, 3.63) is 28.1 Å². The Morgan fingerprint density at radius 2 is 2.24 bits per heavy atom. The Labute approximate surface area is 127 Å². The van der Waals surface area contributed by atoms with Crippen LogP contribution in [0.4, 0.5) is 0 Å². The number of nitrogens with zero attached hydrogens (tertiary/aromatic N) is 2. The van der Waals surface area contributed by atoms with E-state index in [1.807, 2.05) is 13.8 Å². The van der Waals surface area contributed by atoms with Gasteiger partial charge in [-0.3, -0.25) is 14.2 Å². The summed E-state index contributed by atoms with van der Waals surface area (Å²) in [6.07, 6.45) is 8.20. The monoisotopic (exact) mass is 303 g/mol. The molecule has 2 aromatic heterocycles. The van der Waals surface area contributed by atoms with Gasteiger partial charge in [0.25, 0.3) is 5.56 Å². The number of terminal acetylenes is 1. The average Bonchev–Trinajstić information content (AvgIpc) is 2.97. The van der Waals surface area contributed by atoms with Gasteiger partial charge in [-0.2, -0.15) is 0 Å². The summed E-state index contributed by atoms with van der Waals surface area (Å²) in [4.78, 5) is 28.5. The Hall–Kier alpha value is -2.13. The molecule has 0 atom stereocenters. The summed E-state index contributed by atoms with van der Waals surface area (Å²) in [5.74, 6) is 2.36. The van der Waals surface area contributed by atoms with Crippen molar-refractivity contribution in [2.45, 2.75) is 38.8 Å². The van der Waals surface area contributed by atoms with E-state index < -0.39 is 5.54 Å². The number of hydrogen-bond acceptors (Lipinski definition) is 4. The second-order valence-electron chi connectivity index (χ2n) is 4.79. The van der Waals surface area contributed by atoms with Crippen molar-refractivity contribution in [3.63, 3.8) is 0 Å². The minimum Gasteiger partial charge on any atom is -0.338 e. The maximum absolute atomic E-state index is 12.2. The van der Waals surface area contributed by atoms with Gasteiger partial charge in [-0.1, -0.05) is 19.8 Å². The van der Waals surface area contributed by atoms with Crippen LogP contribution in [0.5, 0.6) is 0 Å². The lowest BCUT2D eigenvalue weighted by molar-refractivity contribution is -0.123. The number of carbonyl (C=O) groups excluding carboxylic acids is 1. The first-order valence-electron chi connectivity index (χ1n) is 6.76. The van der Waals surface area contributed by atoms with Gasteiger partial charge < -0.3 is 5.32 Å². The molecule has 0 bridgehead atoms. The first kappa shape index (κ1) is 15.3. The molecule has 1 N–H and O–H groups in total. The van der Waals surface area contributed by atoms with Crippen LogP contribution in [0.25, 0.3) is 10.2 Å². The van der Waals surface area contributed by atoms with Crippen LogP contribution in [0.3, 0.4) is 0 Å². The molecule has 0 aliphatic carbocycles. The average molecular weight is 303 g/mol. The third kappa shape index (κ3) is 2.98. The van der Waals surface area contributed by atoms with Crippen molar-refractivity contribution >= 4 is 27.5 Å². The number of amides is 1. The van der Waals surface area contributed by atoms with Gasteiger partial charge in [0.05, 0.1) is 11.8 Å². The zero-order chi connectivity index (χ0) is 15.5. The van der Waals surface area contributed by atoms with E-state index in [1.54, 1.807) is 11.4 Å². The van der Waals surface area contributed by atoms with Crippen LogP contribution in [-0.4, -0.2) is 21.0 Å². The highest BCUT2D eigenvalue weighted by Gasteiger charge is 2.25. The fourth-order valence-corrected chi connectivity index (χ4v) is 2.91. The lowest BCUT2D eigenvalue weighted by Gasteiger charge is -2.27. The lowest BCUT2D eigenvalue weighted by Crippen LogP contribution is -2.48. The SMILES string of the molecule is C#CC(CC)(CC)NC(=O)Cn1cnc2ccsc2c1=O. The molecule has 0 saturated heterocycles. The minimum atomic E-state index is -0.652. The largest absolute Gasteiger partial charge is 0.338 e. The smallest absolute Gasteiger partial charge is 0.271 e. The Kier molecular flexibility index (Phi) is 4.43. The molecule has 2 aromatic rings. The van der Waals surface area contributed by atoms with Gasteiger partial charge in [0.1, 0.15) is 16.8 Å². The highest BCUT2D eigenvalue weighted by Crippen LogP contribution is 2.14. The molecule has 0 saturated carbocycles. The highest BCUT2D eigenvalue weighted by molar-refractivity contribution is 7.17. The normalized spacial score (nSPS) is 11.3. The number of carbonyl (C=O) groups is 1. The molecule has 0 fully saturated rings. The number of fused-ring (bicyclic) bond motifs is 1. The predicted molar refractivity (Wildman–Crippen MR) is 84.2 cm³/mol. The molecule has 1 amide bonds. The van der Waals surface area contributed by atoms with Crippen molar-refractivity contribution < 1.29 is 4.79 Å². The fraction of sp³-hybridized carbons (Fsp3) is 0.400. The highest BCUT2D eigenvalue weighted by atomic mass is 32.1. The standard InChI is InChI=1S/C15H17N3O2S/c1-4-15(5-2,6-3)17-12(19)9-18-10-16-11-7-8-21-13(11)14(18)20/h1,7-8,10H,5-6,9H2,2-3H3,(H,17,19). The molecule has 21 heavy (non-hydrogen) atoms. The summed E-state index contributed by atoms with van der Waals surface area (Å²) in [6, 6.07) is 1.78. The van der Waals surface area contributed by atoms with Crippen molar-refractivity contribution in [2.24, 2.45) is 0 Å². The summed E-state index contributed by atoms with van der Waals surface area (Å²) in [7, 11) is 0. The van der Waals surface area contributed by atoms with Crippen LogP contribution < -0.4 is 10.9 Å². The molecule has 2 rings (SSSR count).